The predicted molar refractivity (Wildman–Crippen MR) is 82.4 cm³/mol. The maximum Gasteiger partial charge on any atom is 0.244 e. The fourth-order valence-corrected chi connectivity index (χ4v) is 2.65. The van der Waals surface area contributed by atoms with E-state index in [1.807, 2.05) is 0 Å². The van der Waals surface area contributed by atoms with Gasteiger partial charge in [0.25, 0.3) is 0 Å². The van der Waals surface area contributed by atoms with E-state index < -0.39 is 0 Å². The summed E-state index contributed by atoms with van der Waals surface area (Å²) in [7, 11) is 0. The molecule has 0 aliphatic heterocycles. The molecule has 2 aromatic rings. The van der Waals surface area contributed by atoms with E-state index in [1.54, 1.807) is 25.1 Å². The zero-order chi connectivity index (χ0) is 14.9. The first-order chi connectivity index (χ1) is 9.42. The van der Waals surface area contributed by atoms with Crippen LogP contribution in [0.1, 0.15) is 23.1 Å². The molecule has 0 saturated heterocycles. The van der Waals surface area contributed by atoms with E-state index >= 15 is 0 Å². The van der Waals surface area contributed by atoms with Crippen molar-refractivity contribution in [3.05, 3.63) is 39.6 Å². The lowest BCUT2D eigenvalue weighted by molar-refractivity contribution is 0.0918. The number of carbonyl (C=O) groups is 1. The standard InChI is InChI=1S/C13H11BrCl2N2O2/c1-7-13(12(6-14)17-18(7)8(2)19)20-11-4-9(15)3-10(16)5-11/h3-5H,6H2,1-2H3. The van der Waals surface area contributed by atoms with Crippen LogP contribution in [0.3, 0.4) is 0 Å². The van der Waals surface area contributed by atoms with Crippen molar-refractivity contribution in [1.82, 2.24) is 9.78 Å². The van der Waals surface area contributed by atoms with Crippen LogP contribution < -0.4 is 4.74 Å². The van der Waals surface area contributed by atoms with E-state index in [0.717, 1.165) is 0 Å². The van der Waals surface area contributed by atoms with Gasteiger partial charge >= 0.3 is 0 Å². The van der Waals surface area contributed by atoms with Crippen molar-refractivity contribution < 1.29 is 9.53 Å². The van der Waals surface area contributed by atoms with Gasteiger partial charge in [-0.05, 0) is 25.1 Å². The molecule has 1 aromatic heterocycles. The minimum absolute atomic E-state index is 0.177. The zero-order valence-electron chi connectivity index (χ0n) is 10.8. The van der Waals surface area contributed by atoms with E-state index in [9.17, 15) is 4.79 Å². The Bertz CT molecular complexity index is 650. The second-order valence-corrected chi connectivity index (χ2v) is 5.57. The van der Waals surface area contributed by atoms with E-state index in [1.165, 1.54) is 11.6 Å². The maximum atomic E-state index is 11.5. The highest BCUT2D eigenvalue weighted by atomic mass is 79.9. The summed E-state index contributed by atoms with van der Waals surface area (Å²) < 4.78 is 7.09. The van der Waals surface area contributed by atoms with E-state index in [0.29, 0.717) is 38.3 Å². The van der Waals surface area contributed by atoms with Crippen LogP contribution >= 0.6 is 39.1 Å². The number of rotatable bonds is 3. The monoisotopic (exact) mass is 376 g/mol. The SMILES string of the molecule is CC(=O)n1nc(CBr)c(Oc2cc(Cl)cc(Cl)c2)c1C. The Kier molecular flexibility index (Phi) is 4.73. The Morgan fingerprint density at radius 2 is 1.95 bits per heavy atom. The van der Waals surface area contributed by atoms with Gasteiger partial charge < -0.3 is 4.74 Å². The molecule has 0 fully saturated rings. The molecule has 0 amide bonds. The first-order valence-corrected chi connectivity index (χ1v) is 7.59. The van der Waals surface area contributed by atoms with Gasteiger partial charge in [0, 0.05) is 17.0 Å². The highest BCUT2D eigenvalue weighted by Gasteiger charge is 2.18. The third-order valence-electron chi connectivity index (χ3n) is 2.61. The number of nitrogens with zero attached hydrogens (tertiary/aromatic N) is 2. The first kappa shape index (κ1) is 15.4. The summed E-state index contributed by atoms with van der Waals surface area (Å²) in [6.07, 6.45) is 0. The van der Waals surface area contributed by atoms with Gasteiger partial charge in [-0.15, -0.1) is 0 Å². The molecule has 0 unspecified atom stereocenters. The Morgan fingerprint density at radius 3 is 2.45 bits per heavy atom. The quantitative estimate of drug-likeness (QED) is 0.718. The molecule has 0 atom stereocenters. The average molecular weight is 378 g/mol. The van der Waals surface area contributed by atoms with Crippen molar-refractivity contribution in [1.29, 1.82) is 0 Å². The molecule has 0 N–H and O–H groups in total. The van der Waals surface area contributed by atoms with Crippen molar-refractivity contribution in [2.45, 2.75) is 19.2 Å². The van der Waals surface area contributed by atoms with Gasteiger partial charge in [0.1, 0.15) is 11.4 Å². The molecule has 0 bridgehead atoms. The number of carbonyl (C=O) groups excluding carboxylic acids is 1. The number of halogens is 3. The van der Waals surface area contributed by atoms with Crippen molar-refractivity contribution in [2.24, 2.45) is 0 Å². The maximum absolute atomic E-state index is 11.5. The summed E-state index contributed by atoms with van der Waals surface area (Å²) >= 11 is 15.2. The third-order valence-corrected chi connectivity index (χ3v) is 3.58. The molecule has 20 heavy (non-hydrogen) atoms. The van der Waals surface area contributed by atoms with Gasteiger partial charge in [-0.25, -0.2) is 4.68 Å². The van der Waals surface area contributed by atoms with Crippen LogP contribution in [0, 0.1) is 6.92 Å². The molecule has 0 aliphatic rings. The molecule has 0 aliphatic carbocycles. The number of alkyl halides is 1. The van der Waals surface area contributed by atoms with E-state index in [2.05, 4.69) is 21.0 Å². The van der Waals surface area contributed by atoms with Gasteiger partial charge in [-0.3, -0.25) is 4.79 Å². The molecule has 0 radical (unpaired) electrons. The molecular formula is C13H11BrCl2N2O2. The van der Waals surface area contributed by atoms with Gasteiger partial charge in [0.15, 0.2) is 5.75 Å². The first-order valence-electron chi connectivity index (χ1n) is 5.71. The molecule has 0 saturated carbocycles. The Morgan fingerprint density at radius 1 is 1.35 bits per heavy atom. The number of hydrogen-bond donors (Lipinski definition) is 0. The summed E-state index contributed by atoms with van der Waals surface area (Å²) in [4.78, 5) is 11.5. The van der Waals surface area contributed by atoms with E-state index in [4.69, 9.17) is 27.9 Å². The predicted octanol–water partition coefficient (Wildman–Crippen LogP) is 4.85. The number of hydrogen-bond acceptors (Lipinski definition) is 3. The number of ether oxygens (including phenoxy) is 1. The molecule has 2 rings (SSSR count). The normalized spacial score (nSPS) is 10.7. The summed E-state index contributed by atoms with van der Waals surface area (Å²) in [5, 5.41) is 5.62. The van der Waals surface area contributed by atoms with Gasteiger partial charge in [0.05, 0.1) is 11.0 Å². The van der Waals surface area contributed by atoms with Crippen LogP contribution in [0.15, 0.2) is 18.2 Å². The van der Waals surface area contributed by atoms with Crippen LogP contribution in [-0.4, -0.2) is 15.7 Å². The summed E-state index contributed by atoms with van der Waals surface area (Å²) in [6, 6.07) is 4.92. The lowest BCUT2D eigenvalue weighted by Gasteiger charge is -2.07. The Balaban J connectivity index is 2.44. The molecule has 1 aromatic carbocycles. The van der Waals surface area contributed by atoms with Crippen LogP contribution in [-0.2, 0) is 5.33 Å². The van der Waals surface area contributed by atoms with Gasteiger partial charge in [-0.1, -0.05) is 39.1 Å². The van der Waals surface area contributed by atoms with Gasteiger partial charge in [-0.2, -0.15) is 5.10 Å². The van der Waals surface area contributed by atoms with Crippen LogP contribution in [0.4, 0.5) is 0 Å². The Hall–Kier alpha value is -1.04. The van der Waals surface area contributed by atoms with Crippen molar-refractivity contribution in [3.8, 4) is 11.5 Å². The molecular weight excluding hydrogens is 367 g/mol. The molecule has 7 heteroatoms. The largest absolute Gasteiger partial charge is 0.453 e. The zero-order valence-corrected chi connectivity index (χ0v) is 13.9. The topological polar surface area (TPSA) is 44.1 Å². The van der Waals surface area contributed by atoms with Crippen LogP contribution in [0.5, 0.6) is 11.5 Å². The van der Waals surface area contributed by atoms with Crippen LogP contribution in [0.2, 0.25) is 10.0 Å². The lowest BCUT2D eigenvalue weighted by atomic mass is 10.3. The molecule has 106 valence electrons. The summed E-state index contributed by atoms with van der Waals surface area (Å²) in [6.45, 7) is 3.21. The molecule has 0 spiro atoms. The second-order valence-electron chi connectivity index (χ2n) is 4.13. The summed E-state index contributed by atoms with van der Waals surface area (Å²) in [5.41, 5.74) is 1.26. The van der Waals surface area contributed by atoms with Crippen molar-refractivity contribution in [3.63, 3.8) is 0 Å². The highest BCUT2D eigenvalue weighted by Crippen LogP contribution is 2.33. The fourth-order valence-electron chi connectivity index (χ4n) is 1.78. The average Bonchev–Trinajstić information content (AvgIpc) is 2.65. The minimum Gasteiger partial charge on any atom is -0.453 e. The smallest absolute Gasteiger partial charge is 0.244 e. The van der Waals surface area contributed by atoms with E-state index in [-0.39, 0.29) is 5.91 Å². The Labute approximate surface area is 134 Å². The fraction of sp³-hybridized carbons (Fsp3) is 0.231. The lowest BCUT2D eigenvalue weighted by Crippen LogP contribution is -2.09. The van der Waals surface area contributed by atoms with Crippen molar-refractivity contribution in [2.75, 3.05) is 0 Å². The summed E-state index contributed by atoms with van der Waals surface area (Å²) in [5.74, 6) is 0.843. The number of benzene rings is 1. The third kappa shape index (κ3) is 3.16. The molecule has 4 nitrogen and oxygen atoms in total. The van der Waals surface area contributed by atoms with Gasteiger partial charge in [0.2, 0.25) is 5.91 Å². The highest BCUT2D eigenvalue weighted by molar-refractivity contribution is 9.08. The second kappa shape index (κ2) is 6.16. The number of aromatic nitrogens is 2. The van der Waals surface area contributed by atoms with Crippen molar-refractivity contribution >= 4 is 45.0 Å². The minimum atomic E-state index is -0.177. The molecule has 1 heterocycles. The van der Waals surface area contributed by atoms with Crippen LogP contribution in [0.25, 0.3) is 0 Å².